The van der Waals surface area contributed by atoms with Gasteiger partial charge < -0.3 is 24.8 Å². The van der Waals surface area contributed by atoms with Crippen molar-refractivity contribution in [2.45, 2.75) is 12.6 Å². The summed E-state index contributed by atoms with van der Waals surface area (Å²) in [5, 5.41) is 21.7. The van der Waals surface area contributed by atoms with Crippen LogP contribution in [-0.2, 0) is 16.1 Å². The molecule has 2 aromatic carbocycles. The van der Waals surface area contributed by atoms with Crippen LogP contribution in [0.2, 0.25) is 0 Å². The predicted molar refractivity (Wildman–Crippen MR) is 114 cm³/mol. The quantitative estimate of drug-likeness (QED) is 0.532. The standard InChI is InChI=1S/C22H19N3O7/c26-17(27)10-23-20(29)18-19(28)15-8-4-5-9-16(15)25(21(18)30)12-14-11-24(22(31)32-14)13-6-2-1-3-7-13/h1-9,14,28H,10-12H2,(H,23,29)(H,26,27)/t14-/m1/s1. The van der Waals surface area contributed by atoms with E-state index in [1.165, 1.54) is 15.5 Å². The van der Waals surface area contributed by atoms with Crippen molar-refractivity contribution >= 4 is 34.6 Å². The Hall–Kier alpha value is -4.34. The van der Waals surface area contributed by atoms with Crippen LogP contribution >= 0.6 is 0 Å². The lowest BCUT2D eigenvalue weighted by molar-refractivity contribution is -0.135. The van der Waals surface area contributed by atoms with E-state index >= 15 is 0 Å². The minimum absolute atomic E-state index is 0.0616. The molecule has 0 saturated carbocycles. The number of carboxylic acid groups (broad SMARTS) is 1. The second kappa shape index (κ2) is 8.42. The van der Waals surface area contributed by atoms with E-state index in [1.54, 1.807) is 42.5 Å². The van der Waals surface area contributed by atoms with Crippen molar-refractivity contribution in [2.75, 3.05) is 18.0 Å². The second-order valence-electron chi connectivity index (χ2n) is 7.18. The Bertz CT molecular complexity index is 1270. The third kappa shape index (κ3) is 3.85. The highest BCUT2D eigenvalue weighted by Crippen LogP contribution is 2.28. The SMILES string of the molecule is O=C(O)CNC(=O)c1c(O)c2ccccc2n(C[C@H]2CN(c3ccccc3)C(=O)O2)c1=O. The van der Waals surface area contributed by atoms with Crippen molar-refractivity contribution in [2.24, 2.45) is 0 Å². The number of fused-ring (bicyclic) bond motifs is 1. The van der Waals surface area contributed by atoms with Crippen molar-refractivity contribution < 1.29 is 29.3 Å². The van der Waals surface area contributed by atoms with Gasteiger partial charge in [-0.25, -0.2) is 4.79 Å². The number of para-hydroxylation sites is 2. The van der Waals surface area contributed by atoms with Crippen molar-refractivity contribution in [3.63, 3.8) is 0 Å². The van der Waals surface area contributed by atoms with Crippen LogP contribution in [0.25, 0.3) is 10.9 Å². The number of aromatic hydroxyl groups is 1. The van der Waals surface area contributed by atoms with Gasteiger partial charge in [-0.3, -0.25) is 19.3 Å². The van der Waals surface area contributed by atoms with E-state index in [2.05, 4.69) is 5.32 Å². The molecule has 10 heteroatoms. The van der Waals surface area contributed by atoms with Gasteiger partial charge in [0.2, 0.25) is 0 Å². The van der Waals surface area contributed by atoms with Gasteiger partial charge in [0.25, 0.3) is 11.5 Å². The lowest BCUT2D eigenvalue weighted by Crippen LogP contribution is -2.37. The molecule has 2 heterocycles. The Balaban J connectivity index is 1.71. The Morgan fingerprint density at radius 2 is 1.75 bits per heavy atom. The molecule has 1 fully saturated rings. The van der Waals surface area contributed by atoms with Crippen LogP contribution in [0.4, 0.5) is 10.5 Å². The smallest absolute Gasteiger partial charge is 0.414 e. The third-order valence-electron chi connectivity index (χ3n) is 5.10. The predicted octanol–water partition coefficient (Wildman–Crippen LogP) is 1.55. The molecule has 0 bridgehead atoms. The van der Waals surface area contributed by atoms with Crippen LogP contribution in [-0.4, -0.2) is 51.9 Å². The van der Waals surface area contributed by atoms with Crippen molar-refractivity contribution in [1.82, 2.24) is 9.88 Å². The summed E-state index contributed by atoms with van der Waals surface area (Å²) in [5.41, 5.74) is -0.400. The summed E-state index contributed by atoms with van der Waals surface area (Å²) in [6.07, 6.45) is -1.25. The normalized spacial score (nSPS) is 15.6. The lowest BCUT2D eigenvalue weighted by atomic mass is 10.1. The molecule has 1 atom stereocenters. The molecule has 0 spiro atoms. The molecule has 2 amide bonds. The first-order valence-electron chi connectivity index (χ1n) is 9.74. The number of pyridine rings is 1. The number of cyclic esters (lactones) is 1. The molecule has 1 aromatic heterocycles. The number of rotatable bonds is 6. The highest BCUT2D eigenvalue weighted by molar-refractivity contribution is 6.03. The zero-order chi connectivity index (χ0) is 22.8. The molecule has 0 unspecified atom stereocenters. The maximum Gasteiger partial charge on any atom is 0.414 e. The van der Waals surface area contributed by atoms with E-state index in [4.69, 9.17) is 9.84 Å². The van der Waals surface area contributed by atoms with Crippen LogP contribution in [0.3, 0.4) is 0 Å². The summed E-state index contributed by atoms with van der Waals surface area (Å²) in [6, 6.07) is 15.3. The molecule has 10 nitrogen and oxygen atoms in total. The zero-order valence-electron chi connectivity index (χ0n) is 16.7. The number of carbonyl (C=O) groups is 3. The molecule has 3 N–H and O–H groups in total. The number of amides is 2. The number of ether oxygens (including phenoxy) is 1. The minimum Gasteiger partial charge on any atom is -0.506 e. The Kier molecular flexibility index (Phi) is 5.50. The monoisotopic (exact) mass is 437 g/mol. The number of hydrogen-bond donors (Lipinski definition) is 3. The fourth-order valence-corrected chi connectivity index (χ4v) is 3.66. The number of hydrogen-bond acceptors (Lipinski definition) is 6. The van der Waals surface area contributed by atoms with Crippen molar-refractivity contribution in [1.29, 1.82) is 0 Å². The fraction of sp³-hybridized carbons (Fsp3) is 0.182. The van der Waals surface area contributed by atoms with E-state index in [0.29, 0.717) is 11.2 Å². The first-order valence-corrected chi connectivity index (χ1v) is 9.74. The number of carboxylic acids is 1. The molecule has 0 radical (unpaired) electrons. The van der Waals surface area contributed by atoms with Crippen LogP contribution in [0.15, 0.2) is 59.4 Å². The molecule has 4 rings (SSSR count). The maximum absolute atomic E-state index is 13.2. The number of aromatic nitrogens is 1. The van der Waals surface area contributed by atoms with Crippen molar-refractivity contribution in [3.05, 3.63) is 70.5 Å². The summed E-state index contributed by atoms with van der Waals surface area (Å²) >= 11 is 0. The van der Waals surface area contributed by atoms with Gasteiger partial charge in [0.15, 0.2) is 0 Å². The van der Waals surface area contributed by atoms with Gasteiger partial charge in [-0.15, -0.1) is 0 Å². The van der Waals surface area contributed by atoms with E-state index in [0.717, 1.165) is 0 Å². The van der Waals surface area contributed by atoms with Crippen molar-refractivity contribution in [3.8, 4) is 5.75 Å². The average Bonchev–Trinajstić information content (AvgIpc) is 3.16. The Morgan fingerprint density at radius 3 is 2.47 bits per heavy atom. The summed E-state index contributed by atoms with van der Waals surface area (Å²) in [6.45, 7) is -0.588. The number of carbonyl (C=O) groups excluding carboxylic acids is 2. The van der Waals surface area contributed by atoms with Gasteiger partial charge in [-0.1, -0.05) is 30.3 Å². The Labute approximate surface area is 181 Å². The topological polar surface area (TPSA) is 138 Å². The molecule has 1 aliphatic rings. The molecule has 164 valence electrons. The summed E-state index contributed by atoms with van der Waals surface area (Å²) < 4.78 is 6.68. The van der Waals surface area contributed by atoms with Gasteiger partial charge in [-0.2, -0.15) is 0 Å². The minimum atomic E-state index is -1.29. The highest BCUT2D eigenvalue weighted by Gasteiger charge is 2.33. The van der Waals surface area contributed by atoms with E-state index < -0.39 is 47.5 Å². The molecular weight excluding hydrogens is 418 g/mol. The number of benzene rings is 2. The molecule has 3 aromatic rings. The molecule has 0 aliphatic carbocycles. The van der Waals surface area contributed by atoms with Crippen LogP contribution < -0.4 is 15.8 Å². The van der Waals surface area contributed by atoms with Gasteiger partial charge in [0.1, 0.15) is 24.0 Å². The molecule has 1 aliphatic heterocycles. The largest absolute Gasteiger partial charge is 0.506 e. The van der Waals surface area contributed by atoms with Gasteiger partial charge in [0.05, 0.1) is 18.6 Å². The van der Waals surface area contributed by atoms with Crippen LogP contribution in [0, 0.1) is 0 Å². The second-order valence-corrected chi connectivity index (χ2v) is 7.18. The molecule has 32 heavy (non-hydrogen) atoms. The van der Waals surface area contributed by atoms with E-state index in [-0.39, 0.29) is 18.5 Å². The fourth-order valence-electron chi connectivity index (χ4n) is 3.66. The third-order valence-corrected chi connectivity index (χ3v) is 5.10. The molecule has 1 saturated heterocycles. The van der Waals surface area contributed by atoms with Gasteiger partial charge in [-0.05, 0) is 24.3 Å². The Morgan fingerprint density at radius 1 is 1.06 bits per heavy atom. The molecular formula is C22H19N3O7. The van der Waals surface area contributed by atoms with Gasteiger partial charge in [0, 0.05) is 11.1 Å². The van der Waals surface area contributed by atoms with Crippen LogP contribution in [0.5, 0.6) is 5.75 Å². The van der Waals surface area contributed by atoms with Gasteiger partial charge >= 0.3 is 12.1 Å². The first kappa shape index (κ1) is 20.9. The zero-order valence-corrected chi connectivity index (χ0v) is 16.7. The van der Waals surface area contributed by atoms with Crippen LogP contribution in [0.1, 0.15) is 10.4 Å². The average molecular weight is 437 g/mol. The summed E-state index contributed by atoms with van der Waals surface area (Å²) in [5.74, 6) is -2.85. The van der Waals surface area contributed by atoms with E-state index in [1.807, 2.05) is 6.07 Å². The number of aliphatic carboxylic acids is 1. The lowest BCUT2D eigenvalue weighted by Gasteiger charge is -2.17. The number of nitrogens with zero attached hydrogens (tertiary/aromatic N) is 2. The number of nitrogens with one attached hydrogen (secondary N) is 1. The van der Waals surface area contributed by atoms with E-state index in [9.17, 15) is 24.3 Å². The maximum atomic E-state index is 13.2. The summed E-state index contributed by atoms with van der Waals surface area (Å²) in [4.78, 5) is 50.2. The first-order chi connectivity index (χ1) is 15.4. The number of anilines is 1. The summed E-state index contributed by atoms with van der Waals surface area (Å²) in [7, 11) is 0. The highest BCUT2D eigenvalue weighted by atomic mass is 16.6.